The van der Waals surface area contributed by atoms with Crippen LogP contribution in [0.2, 0.25) is 0 Å². The summed E-state index contributed by atoms with van der Waals surface area (Å²) in [6.07, 6.45) is 5.34. The third-order valence-corrected chi connectivity index (χ3v) is 4.48. The molecule has 0 radical (unpaired) electrons. The quantitative estimate of drug-likeness (QED) is 0.791. The van der Waals surface area contributed by atoms with E-state index in [0.717, 1.165) is 31.0 Å². The highest BCUT2D eigenvalue weighted by Crippen LogP contribution is 2.28. The van der Waals surface area contributed by atoms with E-state index in [1.165, 1.54) is 31.4 Å². The molecule has 2 atom stereocenters. The highest BCUT2D eigenvalue weighted by molar-refractivity contribution is 5.44. The topological polar surface area (TPSA) is 15.3 Å². The van der Waals surface area contributed by atoms with Crippen molar-refractivity contribution in [2.75, 3.05) is 25.0 Å². The Kier molecular flexibility index (Phi) is 5.90. The van der Waals surface area contributed by atoms with Crippen LogP contribution in [0, 0.1) is 11.8 Å². The van der Waals surface area contributed by atoms with E-state index in [2.05, 4.69) is 61.4 Å². The predicted octanol–water partition coefficient (Wildman–Crippen LogP) is 3.93. The standard InChI is InChI=1S/C18H30N2/c1-15-12-16(2)14-17(13-15)19-10-7-11-20(3)18-8-5-4-6-9-18/h4-6,8-9,15-17,19H,7,10-14H2,1-3H3. The Morgan fingerprint density at radius 2 is 1.70 bits per heavy atom. The third-order valence-electron chi connectivity index (χ3n) is 4.48. The molecule has 1 aliphatic carbocycles. The summed E-state index contributed by atoms with van der Waals surface area (Å²) >= 11 is 0. The summed E-state index contributed by atoms with van der Waals surface area (Å²) < 4.78 is 0. The zero-order valence-electron chi connectivity index (χ0n) is 13.3. The van der Waals surface area contributed by atoms with Crippen LogP contribution in [0.25, 0.3) is 0 Å². The molecule has 0 aliphatic heterocycles. The Bertz CT molecular complexity index is 366. The van der Waals surface area contributed by atoms with E-state index in [9.17, 15) is 0 Å². The number of hydrogen-bond donors (Lipinski definition) is 1. The molecule has 0 amide bonds. The van der Waals surface area contributed by atoms with Crippen LogP contribution in [0.1, 0.15) is 39.5 Å². The van der Waals surface area contributed by atoms with E-state index >= 15 is 0 Å². The fourth-order valence-corrected chi connectivity index (χ4v) is 3.55. The first-order valence-corrected chi connectivity index (χ1v) is 8.14. The van der Waals surface area contributed by atoms with Gasteiger partial charge in [-0.15, -0.1) is 0 Å². The Labute approximate surface area is 124 Å². The minimum atomic E-state index is 0.746. The van der Waals surface area contributed by atoms with E-state index in [1.807, 2.05) is 0 Å². The Hall–Kier alpha value is -1.02. The zero-order chi connectivity index (χ0) is 14.4. The smallest absolute Gasteiger partial charge is 0.0363 e. The van der Waals surface area contributed by atoms with Crippen molar-refractivity contribution in [3.05, 3.63) is 30.3 Å². The number of hydrogen-bond acceptors (Lipinski definition) is 2. The van der Waals surface area contributed by atoms with Crippen LogP contribution in [0.3, 0.4) is 0 Å². The minimum absolute atomic E-state index is 0.746. The molecular formula is C18H30N2. The van der Waals surface area contributed by atoms with Gasteiger partial charge in [0.1, 0.15) is 0 Å². The van der Waals surface area contributed by atoms with Gasteiger partial charge in [0, 0.05) is 25.3 Å². The van der Waals surface area contributed by atoms with Crippen LogP contribution in [-0.4, -0.2) is 26.2 Å². The molecule has 1 aliphatic rings. The van der Waals surface area contributed by atoms with Crippen LogP contribution >= 0.6 is 0 Å². The maximum Gasteiger partial charge on any atom is 0.0363 e. The van der Waals surface area contributed by atoms with Crippen LogP contribution < -0.4 is 10.2 Å². The molecule has 2 heteroatoms. The van der Waals surface area contributed by atoms with Gasteiger partial charge in [0.05, 0.1) is 0 Å². The Morgan fingerprint density at radius 3 is 2.35 bits per heavy atom. The number of rotatable bonds is 6. The Morgan fingerprint density at radius 1 is 1.05 bits per heavy atom. The molecule has 1 saturated carbocycles. The highest BCUT2D eigenvalue weighted by Gasteiger charge is 2.23. The first kappa shape index (κ1) is 15.4. The van der Waals surface area contributed by atoms with Gasteiger partial charge in [-0.1, -0.05) is 32.0 Å². The average molecular weight is 274 g/mol. The fraction of sp³-hybridized carbons (Fsp3) is 0.667. The maximum atomic E-state index is 3.76. The molecule has 2 rings (SSSR count). The van der Waals surface area contributed by atoms with Gasteiger partial charge < -0.3 is 10.2 Å². The molecule has 0 saturated heterocycles. The molecule has 20 heavy (non-hydrogen) atoms. The van der Waals surface area contributed by atoms with Gasteiger partial charge in [-0.2, -0.15) is 0 Å². The Balaban J connectivity index is 1.64. The minimum Gasteiger partial charge on any atom is -0.375 e. The predicted molar refractivity (Wildman–Crippen MR) is 88.3 cm³/mol. The molecule has 2 nitrogen and oxygen atoms in total. The fourth-order valence-electron chi connectivity index (χ4n) is 3.55. The SMILES string of the molecule is CC1CC(C)CC(NCCCN(C)c2ccccc2)C1. The van der Waals surface area contributed by atoms with Crippen molar-refractivity contribution in [1.82, 2.24) is 5.32 Å². The number of nitrogens with zero attached hydrogens (tertiary/aromatic N) is 1. The lowest BCUT2D eigenvalue weighted by Gasteiger charge is -2.32. The molecular weight excluding hydrogens is 244 g/mol. The maximum absolute atomic E-state index is 3.76. The molecule has 1 fully saturated rings. The second-order valence-electron chi connectivity index (χ2n) is 6.68. The van der Waals surface area contributed by atoms with Gasteiger partial charge in [0.15, 0.2) is 0 Å². The van der Waals surface area contributed by atoms with Crippen LogP contribution in [0.15, 0.2) is 30.3 Å². The van der Waals surface area contributed by atoms with Gasteiger partial charge >= 0.3 is 0 Å². The molecule has 0 spiro atoms. The van der Waals surface area contributed by atoms with Crippen molar-refractivity contribution < 1.29 is 0 Å². The molecule has 1 aromatic carbocycles. The lowest BCUT2D eigenvalue weighted by molar-refractivity contribution is 0.239. The molecule has 112 valence electrons. The van der Waals surface area contributed by atoms with E-state index in [4.69, 9.17) is 0 Å². The van der Waals surface area contributed by atoms with Crippen molar-refractivity contribution in [2.45, 2.75) is 45.6 Å². The average Bonchev–Trinajstić information content (AvgIpc) is 2.43. The second-order valence-corrected chi connectivity index (χ2v) is 6.68. The monoisotopic (exact) mass is 274 g/mol. The molecule has 0 heterocycles. The first-order chi connectivity index (χ1) is 9.65. The van der Waals surface area contributed by atoms with E-state index in [1.54, 1.807) is 0 Å². The molecule has 1 N–H and O–H groups in total. The van der Waals surface area contributed by atoms with Crippen LogP contribution in [-0.2, 0) is 0 Å². The van der Waals surface area contributed by atoms with E-state index in [-0.39, 0.29) is 0 Å². The summed E-state index contributed by atoms with van der Waals surface area (Å²) in [5, 5.41) is 3.76. The highest BCUT2D eigenvalue weighted by atomic mass is 15.1. The summed E-state index contributed by atoms with van der Waals surface area (Å²) in [6.45, 7) is 7.05. The van der Waals surface area contributed by atoms with Crippen molar-refractivity contribution in [2.24, 2.45) is 11.8 Å². The van der Waals surface area contributed by atoms with Crippen molar-refractivity contribution in [1.29, 1.82) is 0 Å². The van der Waals surface area contributed by atoms with Gasteiger partial charge in [0.25, 0.3) is 0 Å². The second kappa shape index (κ2) is 7.68. The van der Waals surface area contributed by atoms with Gasteiger partial charge in [-0.05, 0) is 56.2 Å². The molecule has 0 bridgehead atoms. The molecule has 2 unspecified atom stereocenters. The van der Waals surface area contributed by atoms with Gasteiger partial charge in [-0.25, -0.2) is 0 Å². The summed E-state index contributed by atoms with van der Waals surface area (Å²) in [5.41, 5.74) is 1.31. The van der Waals surface area contributed by atoms with Crippen molar-refractivity contribution >= 4 is 5.69 Å². The lowest BCUT2D eigenvalue weighted by Crippen LogP contribution is -2.37. The van der Waals surface area contributed by atoms with E-state index in [0.29, 0.717) is 0 Å². The van der Waals surface area contributed by atoms with Gasteiger partial charge in [-0.3, -0.25) is 0 Å². The number of benzene rings is 1. The molecule has 0 aromatic heterocycles. The normalized spacial score (nSPS) is 26.4. The third kappa shape index (κ3) is 4.82. The number of nitrogens with one attached hydrogen (secondary N) is 1. The van der Waals surface area contributed by atoms with Gasteiger partial charge in [0.2, 0.25) is 0 Å². The largest absolute Gasteiger partial charge is 0.375 e. The number of para-hydroxylation sites is 1. The van der Waals surface area contributed by atoms with Crippen molar-refractivity contribution in [3.8, 4) is 0 Å². The summed E-state index contributed by atoms with van der Waals surface area (Å²) in [7, 11) is 2.18. The lowest BCUT2D eigenvalue weighted by atomic mass is 9.80. The van der Waals surface area contributed by atoms with Crippen LogP contribution in [0.4, 0.5) is 5.69 Å². The molecule has 1 aromatic rings. The summed E-state index contributed by atoms with van der Waals surface area (Å²) in [5.74, 6) is 1.78. The summed E-state index contributed by atoms with van der Waals surface area (Å²) in [4.78, 5) is 2.34. The van der Waals surface area contributed by atoms with E-state index < -0.39 is 0 Å². The zero-order valence-corrected chi connectivity index (χ0v) is 13.3. The number of anilines is 1. The van der Waals surface area contributed by atoms with Crippen molar-refractivity contribution in [3.63, 3.8) is 0 Å². The summed E-state index contributed by atoms with van der Waals surface area (Å²) in [6, 6.07) is 11.4. The first-order valence-electron chi connectivity index (χ1n) is 8.14. The van der Waals surface area contributed by atoms with Crippen LogP contribution in [0.5, 0.6) is 0 Å².